The molecule has 0 atom stereocenters. The number of aromatic nitrogens is 1. The Bertz CT molecular complexity index is 678. The molecule has 90 valence electrons. The van der Waals surface area contributed by atoms with Crippen molar-refractivity contribution in [1.82, 2.24) is 4.98 Å². The molecule has 1 aromatic carbocycles. The summed E-state index contributed by atoms with van der Waals surface area (Å²) in [5, 5.41) is 0.849. The molecule has 2 heterocycles. The van der Waals surface area contributed by atoms with Gasteiger partial charge in [0.2, 0.25) is 0 Å². The van der Waals surface area contributed by atoms with Crippen molar-refractivity contribution in [3.63, 3.8) is 0 Å². The van der Waals surface area contributed by atoms with Crippen molar-refractivity contribution in [3.8, 4) is 0 Å². The van der Waals surface area contributed by atoms with Gasteiger partial charge in [-0.1, -0.05) is 12.1 Å². The van der Waals surface area contributed by atoms with Crippen LogP contribution >= 0.6 is 11.3 Å². The molecule has 0 N–H and O–H groups in total. The number of Topliss-reactive ketones (excluding diaryl/α,β-unsaturated/α-hetero) is 1. The monoisotopic (exact) mass is 257 g/mol. The van der Waals surface area contributed by atoms with Gasteiger partial charge in [0.05, 0.1) is 28.5 Å². The van der Waals surface area contributed by atoms with Crippen LogP contribution in [-0.4, -0.2) is 10.8 Å². The average Bonchev–Trinajstić information content (AvgIpc) is 2.94. The third kappa shape index (κ3) is 1.95. The fourth-order valence-electron chi connectivity index (χ4n) is 1.90. The van der Waals surface area contributed by atoms with Gasteiger partial charge in [-0.25, -0.2) is 4.98 Å². The van der Waals surface area contributed by atoms with E-state index in [4.69, 9.17) is 4.42 Å². The van der Waals surface area contributed by atoms with Gasteiger partial charge in [0.1, 0.15) is 10.8 Å². The second kappa shape index (κ2) is 4.38. The molecular formula is C14H11NO2S. The van der Waals surface area contributed by atoms with Crippen LogP contribution in [0.5, 0.6) is 0 Å². The number of carbonyl (C=O) groups excluding carboxylic acids is 1. The summed E-state index contributed by atoms with van der Waals surface area (Å²) in [6, 6.07) is 9.62. The Morgan fingerprint density at radius 2 is 2.17 bits per heavy atom. The predicted octanol–water partition coefficient (Wildman–Crippen LogP) is 3.62. The second-order valence-corrected chi connectivity index (χ2v) is 5.18. The van der Waals surface area contributed by atoms with Crippen LogP contribution in [0.25, 0.3) is 10.2 Å². The molecule has 0 bridgehead atoms. The molecule has 0 radical (unpaired) electrons. The van der Waals surface area contributed by atoms with E-state index in [1.807, 2.05) is 24.3 Å². The Morgan fingerprint density at radius 3 is 2.89 bits per heavy atom. The fourth-order valence-corrected chi connectivity index (χ4v) is 2.87. The summed E-state index contributed by atoms with van der Waals surface area (Å²) >= 11 is 1.57. The minimum atomic E-state index is 0.0558. The molecule has 0 aliphatic heterocycles. The Hall–Kier alpha value is -1.94. The summed E-state index contributed by atoms with van der Waals surface area (Å²) in [6.07, 6.45) is 1.88. The number of aryl methyl sites for hydroxylation is 1. The van der Waals surface area contributed by atoms with Crippen LogP contribution < -0.4 is 0 Å². The summed E-state index contributed by atoms with van der Waals surface area (Å²) in [4.78, 5) is 16.5. The van der Waals surface area contributed by atoms with E-state index in [9.17, 15) is 4.79 Å². The van der Waals surface area contributed by atoms with Crippen LogP contribution in [0.3, 0.4) is 0 Å². The molecule has 3 rings (SSSR count). The maximum absolute atomic E-state index is 12.1. The quantitative estimate of drug-likeness (QED) is 0.673. The van der Waals surface area contributed by atoms with Crippen molar-refractivity contribution in [2.45, 2.75) is 13.3 Å². The molecule has 4 heteroatoms. The highest BCUT2D eigenvalue weighted by molar-refractivity contribution is 7.18. The third-order valence-corrected chi connectivity index (χ3v) is 3.85. The van der Waals surface area contributed by atoms with E-state index in [1.54, 1.807) is 30.6 Å². The molecule has 3 nitrogen and oxygen atoms in total. The van der Waals surface area contributed by atoms with E-state index in [1.165, 1.54) is 0 Å². The average molecular weight is 257 g/mol. The van der Waals surface area contributed by atoms with Crippen molar-refractivity contribution >= 4 is 27.3 Å². The van der Waals surface area contributed by atoms with Crippen molar-refractivity contribution in [3.05, 3.63) is 52.9 Å². The summed E-state index contributed by atoms with van der Waals surface area (Å²) < 4.78 is 6.26. The van der Waals surface area contributed by atoms with Crippen LogP contribution in [-0.2, 0) is 6.42 Å². The molecule has 2 aromatic heterocycles. The number of rotatable bonds is 3. The van der Waals surface area contributed by atoms with E-state index in [-0.39, 0.29) is 5.78 Å². The van der Waals surface area contributed by atoms with Gasteiger partial charge in [0.25, 0.3) is 0 Å². The number of ketones is 1. The molecule has 0 fully saturated rings. The molecule has 0 saturated carbocycles. The van der Waals surface area contributed by atoms with Crippen molar-refractivity contribution in [2.75, 3.05) is 0 Å². The first-order chi connectivity index (χ1) is 8.74. The van der Waals surface area contributed by atoms with Crippen molar-refractivity contribution < 1.29 is 9.21 Å². The first-order valence-corrected chi connectivity index (χ1v) is 6.47. The lowest BCUT2D eigenvalue weighted by molar-refractivity contribution is 0.0991. The highest BCUT2D eigenvalue weighted by Gasteiger charge is 2.14. The zero-order valence-corrected chi connectivity index (χ0v) is 10.7. The van der Waals surface area contributed by atoms with Gasteiger partial charge in [0, 0.05) is 0 Å². The maximum atomic E-state index is 12.1. The number of furan rings is 1. The molecule has 0 spiro atoms. The zero-order chi connectivity index (χ0) is 12.5. The summed E-state index contributed by atoms with van der Waals surface area (Å²) in [5.74, 6) is 0.724. The largest absolute Gasteiger partial charge is 0.469 e. The number of benzene rings is 1. The smallest absolute Gasteiger partial charge is 0.173 e. The SMILES string of the molecule is Cc1occc1C(=O)Cc1nc2ccccc2s1. The van der Waals surface area contributed by atoms with Crippen molar-refractivity contribution in [1.29, 1.82) is 0 Å². The van der Waals surface area contributed by atoms with Crippen LogP contribution in [0.2, 0.25) is 0 Å². The number of hydrogen-bond acceptors (Lipinski definition) is 4. The highest BCUT2D eigenvalue weighted by Crippen LogP contribution is 2.23. The summed E-state index contributed by atoms with van der Waals surface area (Å²) in [6.45, 7) is 1.80. The molecule has 0 unspecified atom stereocenters. The normalized spacial score (nSPS) is 10.9. The lowest BCUT2D eigenvalue weighted by atomic mass is 10.1. The van der Waals surface area contributed by atoms with Crippen LogP contribution in [0.1, 0.15) is 21.1 Å². The zero-order valence-electron chi connectivity index (χ0n) is 9.84. The number of hydrogen-bond donors (Lipinski definition) is 0. The molecule has 0 aliphatic carbocycles. The third-order valence-electron chi connectivity index (χ3n) is 2.81. The number of nitrogens with zero attached hydrogens (tertiary/aromatic N) is 1. The van der Waals surface area contributed by atoms with E-state index < -0.39 is 0 Å². The van der Waals surface area contributed by atoms with E-state index in [0.717, 1.165) is 15.2 Å². The topological polar surface area (TPSA) is 43.1 Å². The van der Waals surface area contributed by atoms with Gasteiger partial charge < -0.3 is 4.42 Å². The first kappa shape index (κ1) is 11.2. The van der Waals surface area contributed by atoms with E-state index in [2.05, 4.69) is 4.98 Å². The Labute approximate surface area is 108 Å². The molecular weight excluding hydrogens is 246 g/mol. The van der Waals surface area contributed by atoms with Gasteiger partial charge in [0.15, 0.2) is 5.78 Å². The molecule has 0 aliphatic rings. The fraction of sp³-hybridized carbons (Fsp3) is 0.143. The summed E-state index contributed by atoms with van der Waals surface area (Å²) in [7, 11) is 0. The second-order valence-electron chi connectivity index (χ2n) is 4.07. The molecule has 0 amide bonds. The van der Waals surface area contributed by atoms with E-state index in [0.29, 0.717) is 17.7 Å². The number of fused-ring (bicyclic) bond motifs is 1. The van der Waals surface area contributed by atoms with Gasteiger partial charge in [-0.2, -0.15) is 0 Å². The molecule has 0 saturated heterocycles. The van der Waals surface area contributed by atoms with Gasteiger partial charge in [-0.05, 0) is 25.1 Å². The maximum Gasteiger partial charge on any atom is 0.173 e. The lowest BCUT2D eigenvalue weighted by Crippen LogP contribution is -2.03. The predicted molar refractivity (Wildman–Crippen MR) is 71.1 cm³/mol. The minimum Gasteiger partial charge on any atom is -0.469 e. The van der Waals surface area contributed by atoms with Gasteiger partial charge >= 0.3 is 0 Å². The van der Waals surface area contributed by atoms with Crippen LogP contribution in [0.4, 0.5) is 0 Å². The Balaban J connectivity index is 1.88. The molecule has 18 heavy (non-hydrogen) atoms. The number of thiazole rings is 1. The Kier molecular flexibility index (Phi) is 2.72. The number of carbonyl (C=O) groups is 1. The molecule has 3 aromatic rings. The van der Waals surface area contributed by atoms with E-state index >= 15 is 0 Å². The van der Waals surface area contributed by atoms with Crippen LogP contribution in [0, 0.1) is 6.92 Å². The lowest BCUT2D eigenvalue weighted by Gasteiger charge is -1.95. The summed E-state index contributed by atoms with van der Waals surface area (Å²) in [5.41, 5.74) is 1.60. The highest BCUT2D eigenvalue weighted by atomic mass is 32.1. The number of para-hydroxylation sites is 1. The van der Waals surface area contributed by atoms with Crippen molar-refractivity contribution in [2.24, 2.45) is 0 Å². The minimum absolute atomic E-state index is 0.0558. The van der Waals surface area contributed by atoms with Gasteiger partial charge in [-0.3, -0.25) is 4.79 Å². The Morgan fingerprint density at radius 1 is 1.33 bits per heavy atom. The van der Waals surface area contributed by atoms with Gasteiger partial charge in [-0.15, -0.1) is 11.3 Å². The van der Waals surface area contributed by atoms with Crippen LogP contribution in [0.15, 0.2) is 41.0 Å². The standard InChI is InChI=1S/C14H11NO2S/c1-9-10(6-7-17-9)12(16)8-14-15-11-4-2-3-5-13(11)18-14/h2-7H,8H2,1H3. The first-order valence-electron chi connectivity index (χ1n) is 5.66.